The van der Waals surface area contributed by atoms with Crippen molar-refractivity contribution in [3.8, 4) is 0 Å². The van der Waals surface area contributed by atoms with E-state index in [0.29, 0.717) is 0 Å². The first-order valence-corrected chi connectivity index (χ1v) is 31.9. The third kappa shape index (κ3) is 15.6. The van der Waals surface area contributed by atoms with Crippen molar-refractivity contribution in [2.24, 2.45) is 0 Å². The van der Waals surface area contributed by atoms with Crippen molar-refractivity contribution >= 4 is 51.6 Å². The molecule has 0 saturated heterocycles. The topological polar surface area (TPSA) is 27.7 Å². The van der Waals surface area contributed by atoms with E-state index in [1.54, 1.807) is 0 Å². The van der Waals surface area contributed by atoms with Gasteiger partial charge in [-0.15, -0.1) is 39.5 Å². The summed E-state index contributed by atoms with van der Waals surface area (Å²) in [4.78, 5) is 0. The maximum absolute atomic E-state index is 6.39. The van der Waals surface area contributed by atoms with Crippen molar-refractivity contribution in [2.75, 3.05) is 27.5 Å². The molecular formula is C45H73O3PSi4. The summed E-state index contributed by atoms with van der Waals surface area (Å²) in [6, 6.07) is 37.4. The van der Waals surface area contributed by atoms with Gasteiger partial charge in [-0.3, -0.25) is 0 Å². The van der Waals surface area contributed by atoms with Gasteiger partial charge in [0.1, 0.15) is 0 Å². The monoisotopic (exact) mass is 804 g/mol. The highest BCUT2D eigenvalue weighted by molar-refractivity contribution is 7.73. The van der Waals surface area contributed by atoms with Gasteiger partial charge in [-0.1, -0.05) is 147 Å². The molecule has 2 aromatic carbocycles. The van der Waals surface area contributed by atoms with Crippen molar-refractivity contribution in [2.45, 2.75) is 104 Å². The Bertz CT molecular complexity index is 1190. The van der Waals surface area contributed by atoms with E-state index in [1.165, 1.54) is 84.8 Å². The molecule has 0 aromatic heterocycles. The molecule has 8 heteroatoms. The number of hydrogen-bond donors (Lipinski definition) is 0. The Morgan fingerprint density at radius 3 is 0.981 bits per heavy atom. The van der Waals surface area contributed by atoms with Gasteiger partial charge in [0.25, 0.3) is 0 Å². The zero-order valence-corrected chi connectivity index (χ0v) is 38.8. The highest BCUT2D eigenvalue weighted by Crippen LogP contribution is 2.41. The number of benzene rings is 2. The Balaban J connectivity index is 2.53. The van der Waals surface area contributed by atoms with Gasteiger partial charge in [-0.2, -0.15) is 0 Å². The molecule has 0 aliphatic carbocycles. The molecule has 2 aromatic rings. The molecule has 0 aliphatic rings. The molecule has 0 spiro atoms. The van der Waals surface area contributed by atoms with E-state index < -0.39 is 40.9 Å². The summed E-state index contributed by atoms with van der Waals surface area (Å²) >= 11 is 0. The molecule has 0 unspecified atom stereocenters. The predicted molar refractivity (Wildman–Crippen MR) is 250 cm³/mol. The summed E-state index contributed by atoms with van der Waals surface area (Å²) in [5, 5.41) is 2.97. The Labute approximate surface area is 331 Å². The fraction of sp³-hybridized carbons (Fsp3) is 0.467. The van der Waals surface area contributed by atoms with E-state index >= 15 is 0 Å². The fourth-order valence-electron chi connectivity index (χ4n) is 8.59. The third-order valence-corrected chi connectivity index (χ3v) is 32.5. The van der Waals surface area contributed by atoms with Crippen molar-refractivity contribution < 1.29 is 13.3 Å². The first kappa shape index (κ1) is 47.2. The maximum atomic E-state index is 6.39. The molecule has 53 heavy (non-hydrogen) atoms. The minimum absolute atomic E-state index is 0.419. The number of rotatable bonds is 33. The van der Waals surface area contributed by atoms with E-state index in [0.717, 1.165) is 36.3 Å². The first-order chi connectivity index (χ1) is 25.7. The average molecular weight is 805 g/mol. The molecule has 292 valence electrons. The molecule has 0 bridgehead atoms. The molecule has 2 rings (SSSR count). The van der Waals surface area contributed by atoms with Crippen LogP contribution in [-0.4, -0.2) is 60.5 Å². The highest BCUT2D eigenvalue weighted by Gasteiger charge is 2.39. The Morgan fingerprint density at radius 2 is 0.717 bits per heavy atom. The standard InChI is InChI=1S/C45H73O3PSi4/c1-10-31-51(46-7,32-11-2)41-23-38-50(39-24-42-52(47-8,33-12-3)34-13-4,40-25-43-53(48-9,35-14-5)36-15-6)37-22-30-49(44-26-18-16-19-27-44)45-28-20-17-21-29-45/h10-21,26-29H,1-6,22-25,30-43H2,7-9H3. The van der Waals surface area contributed by atoms with Crippen molar-refractivity contribution in [3.63, 3.8) is 0 Å². The molecule has 0 amide bonds. The second-order valence-electron chi connectivity index (χ2n) is 15.1. The van der Waals surface area contributed by atoms with Crippen LogP contribution in [0.4, 0.5) is 0 Å². The maximum Gasteiger partial charge on any atom is 0.199 e. The summed E-state index contributed by atoms with van der Waals surface area (Å²) in [5.74, 6) is 0. The van der Waals surface area contributed by atoms with E-state index in [2.05, 4.69) is 137 Å². The van der Waals surface area contributed by atoms with E-state index in [4.69, 9.17) is 13.3 Å². The lowest BCUT2D eigenvalue weighted by atomic mass is 10.4. The number of hydrogen-bond acceptors (Lipinski definition) is 3. The van der Waals surface area contributed by atoms with Crippen LogP contribution in [0.1, 0.15) is 25.7 Å². The lowest BCUT2D eigenvalue weighted by molar-refractivity contribution is 0.394. The van der Waals surface area contributed by atoms with Gasteiger partial charge in [0, 0.05) is 21.3 Å². The molecule has 3 nitrogen and oxygen atoms in total. The average Bonchev–Trinajstić information content (AvgIpc) is 3.17. The van der Waals surface area contributed by atoms with Crippen LogP contribution < -0.4 is 10.6 Å². The van der Waals surface area contributed by atoms with Crippen molar-refractivity contribution in [3.05, 3.63) is 137 Å². The van der Waals surface area contributed by atoms with Crippen LogP contribution >= 0.6 is 7.92 Å². The summed E-state index contributed by atoms with van der Waals surface area (Å²) in [5.41, 5.74) is 0. The molecule has 0 N–H and O–H groups in total. The second kappa shape index (κ2) is 26.0. The van der Waals surface area contributed by atoms with Gasteiger partial charge in [-0.25, -0.2) is 0 Å². The minimum Gasteiger partial charge on any atom is -0.419 e. The minimum atomic E-state index is -1.96. The van der Waals surface area contributed by atoms with Gasteiger partial charge in [0.05, 0.1) is 8.07 Å². The van der Waals surface area contributed by atoms with E-state index in [9.17, 15) is 0 Å². The van der Waals surface area contributed by atoms with Crippen LogP contribution in [0.5, 0.6) is 0 Å². The lowest BCUT2D eigenvalue weighted by Gasteiger charge is -2.37. The summed E-state index contributed by atoms with van der Waals surface area (Å²) in [6.07, 6.45) is 18.7. The molecule has 0 saturated carbocycles. The summed E-state index contributed by atoms with van der Waals surface area (Å²) < 4.78 is 19.2. The molecule has 0 atom stereocenters. The Hall–Kier alpha value is -1.94. The zero-order chi connectivity index (χ0) is 38.9. The zero-order valence-electron chi connectivity index (χ0n) is 33.9. The SMILES string of the molecule is C=CC[Si](CC=C)(CCC[Si](CCCP(c1ccccc1)c1ccccc1)(CCC[Si](CC=C)(CC=C)OC)CCC[Si](CC=C)(CC=C)OC)OC. The van der Waals surface area contributed by atoms with Crippen molar-refractivity contribution in [1.82, 2.24) is 0 Å². The van der Waals surface area contributed by atoms with Crippen LogP contribution in [0.15, 0.2) is 137 Å². The lowest BCUT2D eigenvalue weighted by Crippen LogP contribution is -2.41. The van der Waals surface area contributed by atoms with E-state index in [-0.39, 0.29) is 0 Å². The highest BCUT2D eigenvalue weighted by atomic mass is 31.1. The second-order valence-corrected chi connectivity index (χ2v) is 34.7. The number of allylic oxidation sites excluding steroid dienone is 6. The summed E-state index contributed by atoms with van der Waals surface area (Å²) in [7, 11) is -2.30. The first-order valence-electron chi connectivity index (χ1n) is 19.9. The fourth-order valence-corrected chi connectivity index (χ4v) is 26.5. The van der Waals surface area contributed by atoms with E-state index in [1.807, 2.05) is 21.3 Å². The van der Waals surface area contributed by atoms with Crippen LogP contribution in [0.2, 0.25) is 78.6 Å². The molecule has 0 aliphatic heterocycles. The largest absolute Gasteiger partial charge is 0.419 e. The predicted octanol–water partition coefficient (Wildman–Crippen LogP) is 13.0. The quantitative estimate of drug-likeness (QED) is 0.0409. The normalized spacial score (nSPS) is 12.4. The van der Waals surface area contributed by atoms with Gasteiger partial charge in [-0.05, 0) is 79.1 Å². The van der Waals surface area contributed by atoms with Gasteiger partial charge in [0.2, 0.25) is 0 Å². The van der Waals surface area contributed by atoms with Crippen LogP contribution in [0, 0.1) is 0 Å². The van der Waals surface area contributed by atoms with Crippen LogP contribution in [0.25, 0.3) is 0 Å². The van der Waals surface area contributed by atoms with Gasteiger partial charge in [0.15, 0.2) is 25.0 Å². The van der Waals surface area contributed by atoms with Gasteiger partial charge < -0.3 is 13.3 Å². The third-order valence-electron chi connectivity index (χ3n) is 11.6. The van der Waals surface area contributed by atoms with Crippen LogP contribution in [0.3, 0.4) is 0 Å². The van der Waals surface area contributed by atoms with Crippen LogP contribution in [-0.2, 0) is 13.3 Å². The Kier molecular flexibility index (Phi) is 23.2. The summed E-state index contributed by atoms with van der Waals surface area (Å²) in [6.45, 7) is 24.8. The Morgan fingerprint density at radius 1 is 0.434 bits per heavy atom. The van der Waals surface area contributed by atoms with Gasteiger partial charge >= 0.3 is 0 Å². The molecule has 0 radical (unpaired) electrons. The molecular weight excluding hydrogens is 732 g/mol. The molecule has 0 heterocycles. The van der Waals surface area contributed by atoms with Crippen molar-refractivity contribution in [1.29, 1.82) is 0 Å². The smallest absolute Gasteiger partial charge is 0.199 e. The molecule has 0 fully saturated rings.